The Bertz CT molecular complexity index is 522. The maximum absolute atomic E-state index is 13.2. The summed E-state index contributed by atoms with van der Waals surface area (Å²) in [7, 11) is 0. The predicted molar refractivity (Wildman–Crippen MR) is 95.5 cm³/mol. The fraction of sp³-hybridized carbons (Fsp3) is 0.650. The van der Waals surface area contributed by atoms with E-state index in [0.717, 1.165) is 44.4 Å². The molecule has 2 fully saturated rings. The Morgan fingerprint density at radius 1 is 1.21 bits per heavy atom. The number of hydrogen-bond donors (Lipinski definition) is 1. The van der Waals surface area contributed by atoms with E-state index in [-0.39, 0.29) is 24.0 Å². The van der Waals surface area contributed by atoms with Gasteiger partial charge in [0.15, 0.2) is 0 Å². The lowest BCUT2D eigenvalue weighted by atomic mass is 9.93. The topological polar surface area (TPSA) is 55.6 Å². The molecule has 2 aliphatic rings. The molecule has 1 aromatic rings. The first-order valence-corrected chi connectivity index (χ1v) is 9.39. The second-order valence-electron chi connectivity index (χ2n) is 7.29. The number of nitrogens with two attached hydrogens (primary N) is 1. The fourth-order valence-electron chi connectivity index (χ4n) is 4.02. The second kappa shape index (κ2) is 8.13. The first-order valence-electron chi connectivity index (χ1n) is 9.39. The maximum Gasteiger partial charge on any atom is 0.227 e. The average molecular weight is 330 g/mol. The molecule has 0 radical (unpaired) electrons. The van der Waals surface area contributed by atoms with Crippen molar-refractivity contribution in [2.24, 2.45) is 11.7 Å². The smallest absolute Gasteiger partial charge is 0.227 e. The van der Waals surface area contributed by atoms with Gasteiger partial charge in [-0.15, -0.1) is 0 Å². The molecule has 1 saturated heterocycles. The van der Waals surface area contributed by atoms with Crippen LogP contribution in [0.2, 0.25) is 0 Å². The van der Waals surface area contributed by atoms with Crippen LogP contribution in [-0.2, 0) is 9.53 Å². The zero-order valence-electron chi connectivity index (χ0n) is 14.7. The summed E-state index contributed by atoms with van der Waals surface area (Å²) < 4.78 is 5.79. The van der Waals surface area contributed by atoms with Crippen LogP contribution in [0.15, 0.2) is 30.3 Å². The van der Waals surface area contributed by atoms with Gasteiger partial charge < -0.3 is 15.4 Å². The van der Waals surface area contributed by atoms with Gasteiger partial charge >= 0.3 is 0 Å². The highest BCUT2D eigenvalue weighted by Crippen LogP contribution is 2.29. The molecule has 1 heterocycles. The van der Waals surface area contributed by atoms with E-state index in [1.165, 1.54) is 12.8 Å². The molecule has 1 saturated carbocycles. The van der Waals surface area contributed by atoms with Gasteiger partial charge in [0.2, 0.25) is 5.91 Å². The summed E-state index contributed by atoms with van der Waals surface area (Å²) in [5.41, 5.74) is 7.43. The van der Waals surface area contributed by atoms with Gasteiger partial charge in [0.1, 0.15) is 0 Å². The lowest BCUT2D eigenvalue weighted by Crippen LogP contribution is -2.47. The summed E-state index contributed by atoms with van der Waals surface area (Å²) >= 11 is 0. The van der Waals surface area contributed by atoms with Crippen molar-refractivity contribution in [2.75, 3.05) is 13.2 Å². The van der Waals surface area contributed by atoms with E-state index in [9.17, 15) is 4.79 Å². The quantitative estimate of drug-likeness (QED) is 0.871. The summed E-state index contributed by atoms with van der Waals surface area (Å²) in [6, 6.07) is 10.1. The van der Waals surface area contributed by atoms with E-state index >= 15 is 0 Å². The minimum atomic E-state index is -0.257. The van der Waals surface area contributed by atoms with Crippen LogP contribution < -0.4 is 5.73 Å². The number of nitrogens with zero attached hydrogens (tertiary/aromatic N) is 1. The van der Waals surface area contributed by atoms with E-state index < -0.39 is 0 Å². The third kappa shape index (κ3) is 3.98. The van der Waals surface area contributed by atoms with Gasteiger partial charge in [-0.3, -0.25) is 4.79 Å². The van der Waals surface area contributed by atoms with Crippen LogP contribution in [-0.4, -0.2) is 36.1 Å². The number of hydrogen-bond acceptors (Lipinski definition) is 3. The number of amides is 1. The molecule has 0 aromatic heterocycles. The summed E-state index contributed by atoms with van der Waals surface area (Å²) in [6.45, 7) is 3.53. The molecule has 0 bridgehead atoms. The van der Waals surface area contributed by atoms with E-state index in [0.29, 0.717) is 6.04 Å². The van der Waals surface area contributed by atoms with Crippen LogP contribution in [0.4, 0.5) is 0 Å². The number of benzene rings is 1. The SMILES string of the molecule is CC(C(=O)N(CC1CCCO1)C1CCCC1)C(N)c1ccccc1. The summed E-state index contributed by atoms with van der Waals surface area (Å²) in [5, 5.41) is 0. The van der Waals surface area contributed by atoms with Crippen LogP contribution in [0.25, 0.3) is 0 Å². The minimum Gasteiger partial charge on any atom is -0.376 e. The van der Waals surface area contributed by atoms with Crippen LogP contribution in [0.3, 0.4) is 0 Å². The van der Waals surface area contributed by atoms with Crippen LogP contribution in [0, 0.1) is 5.92 Å². The largest absolute Gasteiger partial charge is 0.376 e. The third-order valence-electron chi connectivity index (χ3n) is 5.59. The summed E-state index contributed by atoms with van der Waals surface area (Å²) in [4.78, 5) is 15.3. The third-order valence-corrected chi connectivity index (χ3v) is 5.59. The normalized spacial score (nSPS) is 24.0. The van der Waals surface area contributed by atoms with Crippen molar-refractivity contribution < 1.29 is 9.53 Å². The Balaban J connectivity index is 1.71. The molecule has 132 valence electrons. The zero-order valence-corrected chi connectivity index (χ0v) is 14.7. The van der Waals surface area contributed by atoms with E-state index in [2.05, 4.69) is 4.90 Å². The molecular weight excluding hydrogens is 300 g/mol. The lowest BCUT2D eigenvalue weighted by Gasteiger charge is -2.34. The number of carbonyl (C=O) groups is 1. The standard InChI is InChI=1S/C20H30N2O2/c1-15(19(21)16-8-3-2-4-9-16)20(23)22(17-10-5-6-11-17)14-18-12-7-13-24-18/h2-4,8-9,15,17-19H,5-7,10-14,21H2,1H3. The summed E-state index contributed by atoms with van der Waals surface area (Å²) in [6.07, 6.45) is 7.05. The van der Waals surface area contributed by atoms with Crippen molar-refractivity contribution >= 4 is 5.91 Å². The monoisotopic (exact) mass is 330 g/mol. The van der Waals surface area contributed by atoms with Crippen LogP contribution >= 0.6 is 0 Å². The Morgan fingerprint density at radius 2 is 1.92 bits per heavy atom. The van der Waals surface area contributed by atoms with Crippen molar-refractivity contribution in [3.05, 3.63) is 35.9 Å². The van der Waals surface area contributed by atoms with Gasteiger partial charge in [-0.2, -0.15) is 0 Å². The van der Waals surface area contributed by atoms with E-state index in [4.69, 9.17) is 10.5 Å². The fourth-order valence-corrected chi connectivity index (χ4v) is 4.02. The Morgan fingerprint density at radius 3 is 2.54 bits per heavy atom. The maximum atomic E-state index is 13.2. The van der Waals surface area contributed by atoms with Crippen LogP contribution in [0.5, 0.6) is 0 Å². The minimum absolute atomic E-state index is 0.189. The summed E-state index contributed by atoms with van der Waals surface area (Å²) in [5.74, 6) is -0.0249. The van der Waals surface area contributed by atoms with Gasteiger partial charge in [-0.25, -0.2) is 0 Å². The first kappa shape index (κ1) is 17.4. The predicted octanol–water partition coefficient (Wildman–Crippen LogP) is 3.27. The van der Waals surface area contributed by atoms with Crippen molar-refractivity contribution in [1.82, 2.24) is 4.90 Å². The molecule has 1 aromatic carbocycles. The number of carbonyl (C=O) groups excluding carboxylic acids is 1. The molecular formula is C20H30N2O2. The van der Waals surface area contributed by atoms with Gasteiger partial charge in [0.05, 0.1) is 12.0 Å². The van der Waals surface area contributed by atoms with Gasteiger partial charge in [-0.1, -0.05) is 50.1 Å². The second-order valence-corrected chi connectivity index (χ2v) is 7.29. The first-order chi connectivity index (χ1) is 11.7. The molecule has 3 rings (SSSR count). The van der Waals surface area contributed by atoms with Crippen LogP contribution in [0.1, 0.15) is 57.1 Å². The Labute approximate surface area is 145 Å². The highest BCUT2D eigenvalue weighted by Gasteiger charge is 2.34. The highest BCUT2D eigenvalue weighted by molar-refractivity contribution is 5.80. The lowest BCUT2D eigenvalue weighted by molar-refractivity contribution is -0.139. The molecule has 3 atom stereocenters. The molecule has 24 heavy (non-hydrogen) atoms. The molecule has 0 spiro atoms. The molecule has 3 unspecified atom stereocenters. The van der Waals surface area contributed by atoms with E-state index in [1.807, 2.05) is 37.3 Å². The van der Waals surface area contributed by atoms with E-state index in [1.54, 1.807) is 0 Å². The number of ether oxygens (including phenoxy) is 1. The molecule has 4 heteroatoms. The molecule has 2 N–H and O–H groups in total. The Hall–Kier alpha value is -1.39. The van der Waals surface area contributed by atoms with Gasteiger partial charge in [-0.05, 0) is 31.2 Å². The Kier molecular flexibility index (Phi) is 5.90. The highest BCUT2D eigenvalue weighted by atomic mass is 16.5. The number of rotatable bonds is 6. The van der Waals surface area contributed by atoms with Gasteiger partial charge in [0.25, 0.3) is 0 Å². The molecule has 1 amide bonds. The van der Waals surface area contributed by atoms with Crippen molar-refractivity contribution in [3.63, 3.8) is 0 Å². The van der Waals surface area contributed by atoms with Crippen molar-refractivity contribution in [2.45, 2.75) is 63.6 Å². The molecule has 1 aliphatic heterocycles. The molecule has 4 nitrogen and oxygen atoms in total. The van der Waals surface area contributed by atoms with Gasteiger partial charge in [0, 0.05) is 25.2 Å². The van der Waals surface area contributed by atoms with Crippen molar-refractivity contribution in [3.8, 4) is 0 Å². The molecule has 1 aliphatic carbocycles. The zero-order chi connectivity index (χ0) is 16.9. The van der Waals surface area contributed by atoms with Crippen molar-refractivity contribution in [1.29, 1.82) is 0 Å². The average Bonchev–Trinajstić information content (AvgIpc) is 3.32.